The third-order valence-corrected chi connectivity index (χ3v) is 4.45. The molecule has 0 unspecified atom stereocenters. The summed E-state index contributed by atoms with van der Waals surface area (Å²) in [5.41, 5.74) is -0.470. The molecule has 3 heterocycles. The number of hydrogen-bond acceptors (Lipinski definition) is 7. The Morgan fingerprint density at radius 3 is 2.62 bits per heavy atom. The number of aliphatic hydroxyl groups is 2. The van der Waals surface area contributed by atoms with Gasteiger partial charge in [0.05, 0.1) is 17.6 Å². The van der Waals surface area contributed by atoms with Crippen molar-refractivity contribution in [2.24, 2.45) is 0 Å². The van der Waals surface area contributed by atoms with Gasteiger partial charge in [-0.05, 0) is 62.9 Å². The maximum absolute atomic E-state index is 12.9. The van der Waals surface area contributed by atoms with Gasteiger partial charge < -0.3 is 25.4 Å². The summed E-state index contributed by atoms with van der Waals surface area (Å²) in [5, 5.41) is 27.0. The van der Waals surface area contributed by atoms with Crippen molar-refractivity contribution in [2.45, 2.75) is 45.9 Å². The average molecular weight is 397 g/mol. The first kappa shape index (κ1) is 20.8. The molecule has 0 spiro atoms. The second kappa shape index (κ2) is 8.18. The van der Waals surface area contributed by atoms with E-state index < -0.39 is 5.60 Å². The maximum Gasteiger partial charge on any atom is 0.262 e. The number of aliphatic hydroxyl groups excluding tert-OH is 1. The molecule has 3 rings (SSSR count). The number of nitrogens with one attached hydrogen (secondary N) is 2. The lowest BCUT2D eigenvalue weighted by Gasteiger charge is -2.19. The van der Waals surface area contributed by atoms with Gasteiger partial charge in [-0.1, -0.05) is 0 Å². The van der Waals surface area contributed by atoms with Crippen molar-refractivity contribution in [1.29, 1.82) is 0 Å². The van der Waals surface area contributed by atoms with Gasteiger partial charge in [0.15, 0.2) is 0 Å². The molecule has 0 atom stereocenters. The molecule has 0 aliphatic carbocycles. The predicted octanol–water partition coefficient (Wildman–Crippen LogP) is 2.58. The van der Waals surface area contributed by atoms with Crippen molar-refractivity contribution in [2.75, 3.05) is 17.2 Å². The number of hydrogen-bond donors (Lipinski definition) is 4. The smallest absolute Gasteiger partial charge is 0.262 e. The molecule has 0 saturated heterocycles. The first-order chi connectivity index (χ1) is 13.7. The van der Waals surface area contributed by atoms with E-state index in [9.17, 15) is 15.0 Å². The van der Waals surface area contributed by atoms with E-state index in [-0.39, 0.29) is 24.8 Å². The Morgan fingerprint density at radius 2 is 1.97 bits per heavy atom. The topological polar surface area (TPSA) is 112 Å². The number of anilines is 3. The maximum atomic E-state index is 12.9. The lowest BCUT2D eigenvalue weighted by atomic mass is 10.00. The molecule has 8 heteroatoms. The molecule has 4 N–H and O–H groups in total. The third kappa shape index (κ3) is 4.72. The van der Waals surface area contributed by atoms with Crippen LogP contribution in [-0.2, 0) is 12.1 Å². The van der Waals surface area contributed by atoms with Crippen molar-refractivity contribution in [3.63, 3.8) is 0 Å². The highest BCUT2D eigenvalue weighted by Crippen LogP contribution is 2.26. The molecule has 0 bridgehead atoms. The molecule has 154 valence electrons. The molecule has 0 aromatic carbocycles. The lowest BCUT2D eigenvalue weighted by Crippen LogP contribution is -2.23. The van der Waals surface area contributed by atoms with E-state index in [1.807, 2.05) is 19.9 Å². The minimum absolute atomic E-state index is 0.0727. The molecule has 0 amide bonds. The molecule has 0 aliphatic rings. The van der Waals surface area contributed by atoms with Crippen LogP contribution in [0, 0.1) is 0 Å². The Labute approximate surface area is 169 Å². The fourth-order valence-electron chi connectivity index (χ4n) is 3.04. The number of rotatable bonds is 7. The van der Waals surface area contributed by atoms with Gasteiger partial charge in [-0.3, -0.25) is 4.79 Å². The highest BCUT2D eigenvalue weighted by Gasteiger charge is 2.17. The highest BCUT2D eigenvalue weighted by atomic mass is 16.3. The third-order valence-electron chi connectivity index (χ3n) is 4.45. The molecule has 3 aromatic rings. The van der Waals surface area contributed by atoms with Crippen LogP contribution in [0.15, 0.2) is 41.5 Å². The van der Waals surface area contributed by atoms with Crippen LogP contribution in [0.3, 0.4) is 0 Å². The Hall–Kier alpha value is -2.97. The zero-order valence-corrected chi connectivity index (χ0v) is 17.1. The van der Waals surface area contributed by atoms with Crippen LogP contribution in [0.5, 0.6) is 0 Å². The summed E-state index contributed by atoms with van der Waals surface area (Å²) in [6.45, 7) is 7.47. The zero-order chi connectivity index (χ0) is 21.2. The van der Waals surface area contributed by atoms with Crippen molar-refractivity contribution in [3.8, 4) is 0 Å². The van der Waals surface area contributed by atoms with Gasteiger partial charge in [-0.25, -0.2) is 9.97 Å². The van der Waals surface area contributed by atoms with Crippen molar-refractivity contribution in [1.82, 2.24) is 14.5 Å². The van der Waals surface area contributed by atoms with Crippen LogP contribution >= 0.6 is 0 Å². The Morgan fingerprint density at radius 1 is 1.21 bits per heavy atom. The first-order valence-corrected chi connectivity index (χ1v) is 9.56. The number of nitrogens with zero attached hydrogens (tertiary/aromatic N) is 3. The predicted molar refractivity (Wildman–Crippen MR) is 115 cm³/mol. The minimum atomic E-state index is -0.988. The summed E-state index contributed by atoms with van der Waals surface area (Å²) in [7, 11) is 0. The van der Waals surface area contributed by atoms with Crippen LogP contribution in [0.2, 0.25) is 0 Å². The van der Waals surface area contributed by atoms with Gasteiger partial charge in [0, 0.05) is 25.0 Å². The van der Waals surface area contributed by atoms with E-state index in [1.165, 1.54) is 4.57 Å². The second-order valence-corrected chi connectivity index (χ2v) is 7.77. The van der Waals surface area contributed by atoms with Gasteiger partial charge >= 0.3 is 0 Å². The summed E-state index contributed by atoms with van der Waals surface area (Å²) in [6.07, 6.45) is 3.29. The summed E-state index contributed by atoms with van der Waals surface area (Å²) >= 11 is 0. The molecule has 3 aromatic heterocycles. The number of fused-ring (bicyclic) bond motifs is 1. The number of aromatic nitrogens is 3. The Bertz CT molecular complexity index is 1070. The van der Waals surface area contributed by atoms with E-state index in [1.54, 1.807) is 44.4 Å². The van der Waals surface area contributed by atoms with Crippen LogP contribution in [-0.4, -0.2) is 37.4 Å². The van der Waals surface area contributed by atoms with E-state index in [0.717, 1.165) is 10.9 Å². The molecule has 0 fully saturated rings. The summed E-state index contributed by atoms with van der Waals surface area (Å²) < 4.78 is 1.47. The SMILES string of the molecule is CC(C)Nc1nc(Nc2cc(C(C)(C)O)ccn2)cc2ccn(CCO)c(=O)c12. The summed E-state index contributed by atoms with van der Waals surface area (Å²) in [5.74, 6) is 1.54. The van der Waals surface area contributed by atoms with Gasteiger partial charge in [0.25, 0.3) is 5.56 Å². The fraction of sp³-hybridized carbons (Fsp3) is 0.381. The van der Waals surface area contributed by atoms with Crippen LogP contribution in [0.1, 0.15) is 33.3 Å². The summed E-state index contributed by atoms with van der Waals surface area (Å²) in [6, 6.07) is 7.20. The molecule has 8 nitrogen and oxygen atoms in total. The second-order valence-electron chi connectivity index (χ2n) is 7.77. The summed E-state index contributed by atoms with van der Waals surface area (Å²) in [4.78, 5) is 21.7. The van der Waals surface area contributed by atoms with E-state index in [0.29, 0.717) is 22.8 Å². The van der Waals surface area contributed by atoms with Crippen molar-refractivity contribution in [3.05, 3.63) is 52.6 Å². The Balaban J connectivity index is 2.08. The van der Waals surface area contributed by atoms with E-state index in [4.69, 9.17) is 0 Å². The molecule has 29 heavy (non-hydrogen) atoms. The fourth-order valence-corrected chi connectivity index (χ4v) is 3.04. The van der Waals surface area contributed by atoms with Gasteiger partial charge in [-0.2, -0.15) is 0 Å². The van der Waals surface area contributed by atoms with Gasteiger partial charge in [0.1, 0.15) is 17.5 Å². The van der Waals surface area contributed by atoms with Gasteiger partial charge in [0.2, 0.25) is 0 Å². The molecule has 0 saturated carbocycles. The van der Waals surface area contributed by atoms with Gasteiger partial charge in [-0.15, -0.1) is 0 Å². The Kier molecular flexibility index (Phi) is 5.86. The van der Waals surface area contributed by atoms with Crippen LogP contribution in [0.25, 0.3) is 10.8 Å². The van der Waals surface area contributed by atoms with Crippen molar-refractivity contribution < 1.29 is 10.2 Å². The monoisotopic (exact) mass is 397 g/mol. The first-order valence-electron chi connectivity index (χ1n) is 9.56. The average Bonchev–Trinajstić information content (AvgIpc) is 2.63. The van der Waals surface area contributed by atoms with E-state index >= 15 is 0 Å². The lowest BCUT2D eigenvalue weighted by molar-refractivity contribution is 0.0786. The molecule has 0 radical (unpaired) electrons. The zero-order valence-electron chi connectivity index (χ0n) is 17.1. The minimum Gasteiger partial charge on any atom is -0.395 e. The number of pyridine rings is 3. The molecular formula is C21H27N5O3. The van der Waals surface area contributed by atoms with E-state index in [2.05, 4.69) is 20.6 Å². The largest absolute Gasteiger partial charge is 0.395 e. The molecule has 0 aliphatic heterocycles. The standard InChI is InChI=1S/C21H27N5O3/c1-13(2)23-19-18-14(6-8-26(9-10-27)20(18)28)11-17(25-19)24-16-12-15(5-7-22-16)21(3,4)29/h5-8,11-13,27,29H,9-10H2,1-4H3,(H2,22,23,24,25). The van der Waals surface area contributed by atoms with Crippen LogP contribution < -0.4 is 16.2 Å². The quantitative estimate of drug-likeness (QED) is 0.485. The van der Waals surface area contributed by atoms with Crippen LogP contribution in [0.4, 0.5) is 17.5 Å². The van der Waals surface area contributed by atoms with Crippen molar-refractivity contribution >= 4 is 28.2 Å². The molecular weight excluding hydrogens is 370 g/mol. The highest BCUT2D eigenvalue weighted by molar-refractivity contribution is 5.93. The normalized spacial score (nSPS) is 11.8.